The van der Waals surface area contributed by atoms with Crippen LogP contribution in [-0.2, 0) is 0 Å². The predicted octanol–water partition coefficient (Wildman–Crippen LogP) is 3.10. The molecular formula is C12H10ClN3O3. The second kappa shape index (κ2) is 5.62. The molecule has 0 atom stereocenters. The topological polar surface area (TPSA) is 78.2 Å². The first-order valence-corrected chi connectivity index (χ1v) is 5.89. The molecule has 2 aromatic rings. The van der Waals surface area contributed by atoms with Crippen molar-refractivity contribution in [2.75, 3.05) is 6.61 Å². The van der Waals surface area contributed by atoms with Gasteiger partial charge in [0, 0.05) is 5.56 Å². The maximum absolute atomic E-state index is 11.0. The second-order valence-corrected chi connectivity index (χ2v) is 3.93. The van der Waals surface area contributed by atoms with E-state index in [0.717, 1.165) is 0 Å². The van der Waals surface area contributed by atoms with Gasteiger partial charge in [-0.15, -0.1) is 0 Å². The molecule has 0 aliphatic heterocycles. The van der Waals surface area contributed by atoms with Gasteiger partial charge in [-0.2, -0.15) is 0 Å². The lowest BCUT2D eigenvalue weighted by Gasteiger charge is -2.05. The van der Waals surface area contributed by atoms with E-state index in [4.69, 9.17) is 16.3 Å². The van der Waals surface area contributed by atoms with Gasteiger partial charge in [0.05, 0.1) is 11.5 Å². The molecule has 0 unspecified atom stereocenters. The van der Waals surface area contributed by atoms with E-state index >= 15 is 0 Å². The summed E-state index contributed by atoms with van der Waals surface area (Å²) in [5.74, 6) is 0.689. The molecule has 1 aromatic carbocycles. The van der Waals surface area contributed by atoms with Gasteiger partial charge in [0.15, 0.2) is 5.69 Å². The summed E-state index contributed by atoms with van der Waals surface area (Å²) < 4.78 is 5.31. The Kier molecular flexibility index (Phi) is 3.91. The smallest absolute Gasteiger partial charge is 0.332 e. The average Bonchev–Trinajstić information content (AvgIpc) is 2.39. The lowest BCUT2D eigenvalue weighted by Crippen LogP contribution is -1.98. The van der Waals surface area contributed by atoms with Crippen LogP contribution in [0.1, 0.15) is 6.92 Å². The maximum Gasteiger partial charge on any atom is 0.332 e. The van der Waals surface area contributed by atoms with Crippen LogP contribution in [0.25, 0.3) is 11.3 Å². The summed E-state index contributed by atoms with van der Waals surface area (Å²) in [7, 11) is 0. The quantitative estimate of drug-likeness (QED) is 0.488. The van der Waals surface area contributed by atoms with Gasteiger partial charge in [-0.3, -0.25) is 10.1 Å². The van der Waals surface area contributed by atoms with Gasteiger partial charge in [-0.05, 0) is 31.2 Å². The van der Waals surface area contributed by atoms with Crippen molar-refractivity contribution >= 4 is 17.3 Å². The second-order valence-electron chi connectivity index (χ2n) is 3.58. The average molecular weight is 280 g/mol. The number of benzene rings is 1. The number of nitro groups is 1. The van der Waals surface area contributed by atoms with Crippen molar-refractivity contribution in [1.82, 2.24) is 9.97 Å². The van der Waals surface area contributed by atoms with E-state index in [1.165, 1.54) is 6.33 Å². The Labute approximate surface area is 114 Å². The molecule has 7 heteroatoms. The van der Waals surface area contributed by atoms with Crippen LogP contribution in [0.5, 0.6) is 5.75 Å². The first kappa shape index (κ1) is 13.2. The molecule has 98 valence electrons. The first-order chi connectivity index (χ1) is 9.13. The summed E-state index contributed by atoms with van der Waals surface area (Å²) >= 11 is 5.74. The summed E-state index contributed by atoms with van der Waals surface area (Å²) in [5.41, 5.74) is 0.473. The van der Waals surface area contributed by atoms with Crippen LogP contribution in [0.2, 0.25) is 5.15 Å². The van der Waals surface area contributed by atoms with E-state index in [1.54, 1.807) is 24.3 Å². The minimum atomic E-state index is -0.589. The normalized spacial score (nSPS) is 10.2. The van der Waals surface area contributed by atoms with Crippen molar-refractivity contribution in [3.63, 3.8) is 0 Å². The van der Waals surface area contributed by atoms with Crippen LogP contribution < -0.4 is 4.74 Å². The number of rotatable bonds is 4. The van der Waals surface area contributed by atoms with E-state index in [2.05, 4.69) is 9.97 Å². The lowest BCUT2D eigenvalue weighted by atomic mass is 10.1. The lowest BCUT2D eigenvalue weighted by molar-refractivity contribution is -0.384. The molecule has 1 heterocycles. The molecule has 0 N–H and O–H groups in total. The number of ether oxygens (including phenoxy) is 1. The van der Waals surface area contributed by atoms with E-state index in [9.17, 15) is 10.1 Å². The summed E-state index contributed by atoms with van der Waals surface area (Å²) in [4.78, 5) is 18.0. The fraction of sp³-hybridized carbons (Fsp3) is 0.167. The fourth-order valence-electron chi connectivity index (χ4n) is 1.61. The van der Waals surface area contributed by atoms with Crippen molar-refractivity contribution in [3.8, 4) is 17.0 Å². The number of hydrogen-bond acceptors (Lipinski definition) is 5. The number of hydrogen-bond donors (Lipinski definition) is 0. The zero-order valence-corrected chi connectivity index (χ0v) is 10.8. The molecular weight excluding hydrogens is 270 g/mol. The molecule has 0 fully saturated rings. The highest BCUT2D eigenvalue weighted by Crippen LogP contribution is 2.32. The summed E-state index contributed by atoms with van der Waals surface area (Å²) in [6.45, 7) is 2.43. The highest BCUT2D eigenvalue weighted by molar-refractivity contribution is 6.31. The molecule has 6 nitrogen and oxygen atoms in total. The third kappa shape index (κ3) is 2.79. The Morgan fingerprint density at radius 3 is 2.58 bits per heavy atom. The van der Waals surface area contributed by atoms with Gasteiger partial charge in [0.2, 0.25) is 5.15 Å². The van der Waals surface area contributed by atoms with Gasteiger partial charge < -0.3 is 4.74 Å². The zero-order valence-electron chi connectivity index (χ0n) is 10.0. The molecule has 0 aliphatic rings. The van der Waals surface area contributed by atoms with Crippen molar-refractivity contribution in [2.24, 2.45) is 0 Å². The Morgan fingerprint density at radius 1 is 1.32 bits per heavy atom. The van der Waals surface area contributed by atoms with E-state index in [1.807, 2.05) is 6.92 Å². The molecule has 2 rings (SSSR count). The minimum Gasteiger partial charge on any atom is -0.494 e. The number of nitrogens with zero attached hydrogens (tertiary/aromatic N) is 3. The van der Waals surface area contributed by atoms with Gasteiger partial charge in [0.25, 0.3) is 0 Å². The van der Waals surface area contributed by atoms with E-state index in [-0.39, 0.29) is 16.5 Å². The molecule has 0 aliphatic carbocycles. The van der Waals surface area contributed by atoms with E-state index in [0.29, 0.717) is 17.9 Å². The minimum absolute atomic E-state index is 0.177. The monoisotopic (exact) mass is 279 g/mol. The molecule has 19 heavy (non-hydrogen) atoms. The number of aromatic nitrogens is 2. The molecule has 0 saturated carbocycles. The third-order valence-corrected chi connectivity index (χ3v) is 2.68. The largest absolute Gasteiger partial charge is 0.494 e. The third-order valence-electron chi connectivity index (χ3n) is 2.40. The summed E-state index contributed by atoms with van der Waals surface area (Å²) in [6, 6.07) is 6.82. The summed E-state index contributed by atoms with van der Waals surface area (Å²) in [5, 5.41) is 10.8. The van der Waals surface area contributed by atoms with Crippen molar-refractivity contribution < 1.29 is 9.66 Å². The maximum atomic E-state index is 11.0. The zero-order chi connectivity index (χ0) is 13.8. The van der Waals surface area contributed by atoms with Gasteiger partial charge in [-0.1, -0.05) is 11.6 Å². The Bertz CT molecular complexity index is 602. The predicted molar refractivity (Wildman–Crippen MR) is 70.3 cm³/mol. The molecule has 0 radical (unpaired) electrons. The fourth-order valence-corrected chi connectivity index (χ4v) is 1.81. The highest BCUT2D eigenvalue weighted by atomic mass is 35.5. The Balaban J connectivity index is 2.47. The molecule has 0 spiro atoms. The van der Waals surface area contributed by atoms with Crippen molar-refractivity contribution in [2.45, 2.75) is 6.92 Å². The first-order valence-electron chi connectivity index (χ1n) is 5.51. The number of halogens is 1. The van der Waals surface area contributed by atoms with Crippen LogP contribution in [-0.4, -0.2) is 21.5 Å². The van der Waals surface area contributed by atoms with E-state index < -0.39 is 4.92 Å². The molecule has 1 aromatic heterocycles. The van der Waals surface area contributed by atoms with Gasteiger partial charge >= 0.3 is 5.69 Å². The van der Waals surface area contributed by atoms with Crippen LogP contribution in [0.4, 0.5) is 5.69 Å². The Hall–Kier alpha value is -2.21. The SMILES string of the molecule is CCOc1ccc(-c2ncnc(Cl)c2[N+](=O)[O-])cc1. The van der Waals surface area contributed by atoms with Crippen LogP contribution in [0, 0.1) is 10.1 Å². The highest BCUT2D eigenvalue weighted by Gasteiger charge is 2.22. The molecule has 0 bridgehead atoms. The van der Waals surface area contributed by atoms with Crippen LogP contribution in [0.15, 0.2) is 30.6 Å². The van der Waals surface area contributed by atoms with Crippen molar-refractivity contribution in [1.29, 1.82) is 0 Å². The summed E-state index contributed by atoms with van der Waals surface area (Å²) in [6.07, 6.45) is 1.20. The van der Waals surface area contributed by atoms with Gasteiger partial charge in [0.1, 0.15) is 12.1 Å². The molecule has 0 amide bonds. The van der Waals surface area contributed by atoms with Crippen LogP contribution in [0.3, 0.4) is 0 Å². The van der Waals surface area contributed by atoms with Gasteiger partial charge in [-0.25, -0.2) is 9.97 Å². The Morgan fingerprint density at radius 2 is 2.00 bits per heavy atom. The standard InChI is InChI=1S/C12H10ClN3O3/c1-2-19-9-5-3-8(4-6-9)10-11(16(17)18)12(13)15-7-14-10/h3-7H,2H2,1H3. The molecule has 0 saturated heterocycles. The van der Waals surface area contributed by atoms with Crippen molar-refractivity contribution in [3.05, 3.63) is 45.9 Å². The van der Waals surface area contributed by atoms with Crippen LogP contribution >= 0.6 is 11.6 Å².